The number of Topliss-reactive ketones (excluding diaryl/α,β-unsaturated/α-hetero) is 1. The quantitative estimate of drug-likeness (QED) is 0.623. The minimum Gasteiger partial charge on any atom is -0.340 e. The summed E-state index contributed by atoms with van der Waals surface area (Å²) in [5.41, 5.74) is 3.44. The van der Waals surface area contributed by atoms with Gasteiger partial charge >= 0.3 is 0 Å². The van der Waals surface area contributed by atoms with Gasteiger partial charge < -0.3 is 10.6 Å². The van der Waals surface area contributed by atoms with Crippen molar-refractivity contribution in [3.8, 4) is 0 Å². The van der Waals surface area contributed by atoms with Crippen LogP contribution in [0.5, 0.6) is 0 Å². The minimum absolute atomic E-state index is 0.0346. The maximum atomic E-state index is 11.3. The molecule has 25 heavy (non-hydrogen) atoms. The summed E-state index contributed by atoms with van der Waals surface area (Å²) >= 11 is 5.98. The van der Waals surface area contributed by atoms with Crippen LogP contribution in [0.15, 0.2) is 54.7 Å². The number of nitrogens with zero attached hydrogens (tertiary/aromatic N) is 2. The van der Waals surface area contributed by atoms with Crippen LogP contribution >= 0.6 is 11.6 Å². The van der Waals surface area contributed by atoms with Crippen molar-refractivity contribution in [3.63, 3.8) is 0 Å². The summed E-state index contributed by atoms with van der Waals surface area (Å²) in [5.74, 6) is 1.17. The standard InChI is InChI=1S/C19H17ClN4O/c1-12-11-15(20)5-8-17(12)23-18-9-10-21-19(24-18)22-16-6-3-14(4-7-16)13(2)25/h3-11H,1-2H3,(H2,21,22,23,24). The van der Waals surface area contributed by atoms with Gasteiger partial charge in [0.15, 0.2) is 5.78 Å². The highest BCUT2D eigenvalue weighted by Crippen LogP contribution is 2.23. The first kappa shape index (κ1) is 16.9. The number of anilines is 4. The van der Waals surface area contributed by atoms with Crippen LogP contribution in [0.2, 0.25) is 5.02 Å². The van der Waals surface area contributed by atoms with Crippen molar-refractivity contribution in [2.75, 3.05) is 10.6 Å². The van der Waals surface area contributed by atoms with Gasteiger partial charge in [0.25, 0.3) is 0 Å². The second kappa shape index (κ2) is 7.32. The van der Waals surface area contributed by atoms with E-state index >= 15 is 0 Å². The summed E-state index contributed by atoms with van der Waals surface area (Å²) in [4.78, 5) is 20.0. The van der Waals surface area contributed by atoms with Gasteiger partial charge in [-0.2, -0.15) is 4.98 Å². The second-order valence-corrected chi connectivity index (χ2v) is 6.04. The van der Waals surface area contributed by atoms with Crippen LogP contribution in [0, 0.1) is 6.92 Å². The first-order valence-corrected chi connectivity index (χ1v) is 8.13. The van der Waals surface area contributed by atoms with Gasteiger partial charge in [-0.05, 0) is 67.9 Å². The van der Waals surface area contributed by atoms with Gasteiger partial charge in [-0.25, -0.2) is 4.98 Å². The monoisotopic (exact) mass is 352 g/mol. The topological polar surface area (TPSA) is 66.9 Å². The Kier molecular flexibility index (Phi) is 4.95. The van der Waals surface area contributed by atoms with E-state index in [-0.39, 0.29) is 5.78 Å². The number of benzene rings is 2. The Hall–Kier alpha value is -2.92. The smallest absolute Gasteiger partial charge is 0.229 e. The van der Waals surface area contributed by atoms with Crippen molar-refractivity contribution >= 4 is 40.5 Å². The Morgan fingerprint density at radius 3 is 2.48 bits per heavy atom. The van der Waals surface area contributed by atoms with E-state index in [0.717, 1.165) is 16.9 Å². The molecular weight excluding hydrogens is 336 g/mol. The molecular formula is C19H17ClN4O. The molecule has 0 atom stereocenters. The number of halogens is 1. The van der Waals surface area contributed by atoms with Gasteiger partial charge in [-0.15, -0.1) is 0 Å². The van der Waals surface area contributed by atoms with Crippen LogP contribution in [0.25, 0.3) is 0 Å². The predicted molar refractivity (Wildman–Crippen MR) is 101 cm³/mol. The van der Waals surface area contributed by atoms with Crippen molar-refractivity contribution in [2.45, 2.75) is 13.8 Å². The lowest BCUT2D eigenvalue weighted by Crippen LogP contribution is -2.01. The zero-order valence-electron chi connectivity index (χ0n) is 13.9. The lowest BCUT2D eigenvalue weighted by molar-refractivity contribution is 0.101. The molecule has 0 aliphatic heterocycles. The van der Waals surface area contributed by atoms with E-state index in [9.17, 15) is 4.79 Å². The summed E-state index contributed by atoms with van der Waals surface area (Å²) in [6.07, 6.45) is 1.67. The lowest BCUT2D eigenvalue weighted by Gasteiger charge is -2.11. The van der Waals surface area contributed by atoms with E-state index in [1.54, 1.807) is 31.3 Å². The molecule has 0 radical (unpaired) electrons. The van der Waals surface area contributed by atoms with Gasteiger partial charge in [0.2, 0.25) is 5.95 Å². The highest BCUT2D eigenvalue weighted by Gasteiger charge is 2.04. The Balaban J connectivity index is 1.76. The first-order valence-electron chi connectivity index (χ1n) is 7.75. The largest absolute Gasteiger partial charge is 0.340 e. The molecule has 2 N–H and O–H groups in total. The summed E-state index contributed by atoms with van der Waals surface area (Å²) < 4.78 is 0. The summed E-state index contributed by atoms with van der Waals surface area (Å²) in [6.45, 7) is 3.52. The van der Waals surface area contributed by atoms with E-state index in [1.807, 2.05) is 37.3 Å². The summed E-state index contributed by atoms with van der Waals surface area (Å²) in [5, 5.41) is 7.08. The SMILES string of the molecule is CC(=O)c1ccc(Nc2nccc(Nc3ccc(Cl)cc3C)n2)cc1. The number of hydrogen-bond acceptors (Lipinski definition) is 5. The van der Waals surface area contributed by atoms with Gasteiger partial charge in [-0.3, -0.25) is 4.79 Å². The molecule has 0 unspecified atom stereocenters. The molecule has 6 heteroatoms. The third-order valence-electron chi connectivity index (χ3n) is 3.65. The first-order chi connectivity index (χ1) is 12.0. The van der Waals surface area contributed by atoms with Crippen molar-refractivity contribution in [2.24, 2.45) is 0 Å². The highest BCUT2D eigenvalue weighted by atomic mass is 35.5. The molecule has 0 amide bonds. The molecule has 3 aromatic rings. The fraction of sp³-hybridized carbons (Fsp3) is 0.105. The average Bonchev–Trinajstić information content (AvgIpc) is 2.58. The third-order valence-corrected chi connectivity index (χ3v) is 3.89. The van der Waals surface area contributed by atoms with Crippen LogP contribution in [-0.2, 0) is 0 Å². The molecule has 1 heterocycles. The molecule has 0 bridgehead atoms. The van der Waals surface area contributed by atoms with E-state index in [1.165, 1.54) is 0 Å². The van der Waals surface area contributed by atoms with Crippen LogP contribution in [0.4, 0.5) is 23.1 Å². The van der Waals surface area contributed by atoms with Crippen LogP contribution in [0.1, 0.15) is 22.8 Å². The number of aryl methyl sites for hydroxylation is 1. The Morgan fingerprint density at radius 2 is 1.80 bits per heavy atom. The van der Waals surface area contributed by atoms with E-state index in [0.29, 0.717) is 22.4 Å². The lowest BCUT2D eigenvalue weighted by atomic mass is 10.1. The molecule has 2 aromatic carbocycles. The van der Waals surface area contributed by atoms with Crippen molar-refractivity contribution in [3.05, 3.63) is 70.9 Å². The van der Waals surface area contributed by atoms with Crippen molar-refractivity contribution in [1.82, 2.24) is 9.97 Å². The molecule has 5 nitrogen and oxygen atoms in total. The molecule has 0 aliphatic carbocycles. The maximum Gasteiger partial charge on any atom is 0.229 e. The molecule has 126 valence electrons. The molecule has 0 saturated heterocycles. The van der Waals surface area contributed by atoms with Gasteiger partial charge in [0.1, 0.15) is 5.82 Å². The molecule has 0 spiro atoms. The van der Waals surface area contributed by atoms with Gasteiger partial charge in [0, 0.05) is 28.2 Å². The third kappa shape index (κ3) is 4.33. The molecule has 3 rings (SSSR count). The van der Waals surface area contributed by atoms with Gasteiger partial charge in [-0.1, -0.05) is 11.6 Å². The summed E-state index contributed by atoms with van der Waals surface area (Å²) in [7, 11) is 0. The maximum absolute atomic E-state index is 11.3. The minimum atomic E-state index is 0.0346. The zero-order chi connectivity index (χ0) is 17.8. The highest BCUT2D eigenvalue weighted by molar-refractivity contribution is 6.30. The predicted octanol–water partition coefficient (Wildman–Crippen LogP) is 5.13. The molecule has 0 saturated carbocycles. The Morgan fingerprint density at radius 1 is 1.04 bits per heavy atom. The Bertz CT molecular complexity index is 910. The van der Waals surface area contributed by atoms with Crippen LogP contribution in [0.3, 0.4) is 0 Å². The normalized spacial score (nSPS) is 10.4. The van der Waals surface area contributed by atoms with E-state index in [4.69, 9.17) is 11.6 Å². The fourth-order valence-corrected chi connectivity index (χ4v) is 2.54. The molecule has 0 fully saturated rings. The fourth-order valence-electron chi connectivity index (χ4n) is 2.31. The Labute approximate surface area is 151 Å². The molecule has 1 aromatic heterocycles. The van der Waals surface area contributed by atoms with Crippen molar-refractivity contribution < 1.29 is 4.79 Å². The van der Waals surface area contributed by atoms with Crippen LogP contribution in [-0.4, -0.2) is 15.8 Å². The van der Waals surface area contributed by atoms with E-state index in [2.05, 4.69) is 20.6 Å². The number of ketones is 1. The number of carbonyl (C=O) groups is 1. The number of aromatic nitrogens is 2. The second-order valence-electron chi connectivity index (χ2n) is 5.61. The zero-order valence-corrected chi connectivity index (χ0v) is 14.6. The molecule has 0 aliphatic rings. The number of rotatable bonds is 5. The number of hydrogen-bond donors (Lipinski definition) is 2. The number of carbonyl (C=O) groups excluding carboxylic acids is 1. The number of nitrogens with one attached hydrogen (secondary N) is 2. The van der Waals surface area contributed by atoms with Gasteiger partial charge in [0.05, 0.1) is 0 Å². The van der Waals surface area contributed by atoms with E-state index < -0.39 is 0 Å². The summed E-state index contributed by atoms with van der Waals surface area (Å²) in [6, 6.07) is 14.6. The average molecular weight is 353 g/mol. The van der Waals surface area contributed by atoms with Crippen LogP contribution < -0.4 is 10.6 Å². The van der Waals surface area contributed by atoms with Crippen molar-refractivity contribution in [1.29, 1.82) is 0 Å².